The Labute approximate surface area is 247 Å². The highest BCUT2D eigenvalue weighted by molar-refractivity contribution is 7.99. The highest BCUT2D eigenvalue weighted by atomic mass is 32.2. The third kappa shape index (κ3) is 6.37. The smallest absolute Gasteiger partial charge is 0.416 e. The molecule has 3 heterocycles. The molecule has 1 atom stereocenters. The van der Waals surface area contributed by atoms with Gasteiger partial charge in [0.05, 0.1) is 16.6 Å². The van der Waals surface area contributed by atoms with E-state index >= 15 is 0 Å². The number of halogens is 3. The van der Waals surface area contributed by atoms with Gasteiger partial charge in [0.1, 0.15) is 0 Å². The van der Waals surface area contributed by atoms with Crippen LogP contribution in [-0.4, -0.2) is 53.9 Å². The van der Waals surface area contributed by atoms with Crippen LogP contribution in [-0.2, 0) is 32.0 Å². The second-order valence-electron chi connectivity index (χ2n) is 10.7. The average Bonchev–Trinajstić information content (AvgIpc) is 3.35. The summed E-state index contributed by atoms with van der Waals surface area (Å²) in [6.07, 6.45) is -0.383. The van der Waals surface area contributed by atoms with Crippen LogP contribution in [0.3, 0.4) is 0 Å². The van der Waals surface area contributed by atoms with Gasteiger partial charge in [-0.2, -0.15) is 13.2 Å². The molecular formula is C31H33F3N4O3S. The van der Waals surface area contributed by atoms with Crippen molar-refractivity contribution in [3.63, 3.8) is 0 Å². The maximum Gasteiger partial charge on any atom is 0.416 e. The molecule has 3 aromatic carbocycles. The number of amides is 3. The van der Waals surface area contributed by atoms with E-state index in [0.717, 1.165) is 67.3 Å². The maximum absolute atomic E-state index is 12.8. The summed E-state index contributed by atoms with van der Waals surface area (Å²) >= 11 is 1.30. The summed E-state index contributed by atoms with van der Waals surface area (Å²) in [6.45, 7) is 2.82. The Hall–Kier alpha value is -3.70. The number of nitrogens with one attached hydrogen (secondary N) is 1. The molecule has 2 N–H and O–H groups in total. The summed E-state index contributed by atoms with van der Waals surface area (Å²) in [5, 5.41) is 11.8. The molecule has 0 fully saturated rings. The fraction of sp³-hybridized carbons (Fsp3) is 0.355. The zero-order valence-electron chi connectivity index (χ0n) is 23.4. The number of carbonyl (C=O) groups excluding carboxylic acids is 1. The lowest BCUT2D eigenvalue weighted by Crippen LogP contribution is -2.38. The number of fused-ring (bicyclic) bond motifs is 3. The predicted octanol–water partition coefficient (Wildman–Crippen LogP) is 7.09. The summed E-state index contributed by atoms with van der Waals surface area (Å²) in [5.74, 6) is 0. The van der Waals surface area contributed by atoms with E-state index in [1.54, 1.807) is 6.26 Å². The van der Waals surface area contributed by atoms with Crippen molar-refractivity contribution in [2.75, 3.05) is 41.5 Å². The number of nitrogens with zero attached hydrogens (tertiary/aromatic N) is 3. The zero-order chi connectivity index (χ0) is 30.0. The van der Waals surface area contributed by atoms with Gasteiger partial charge in [0.25, 0.3) is 0 Å². The first kappa shape index (κ1) is 29.8. The number of likely N-dealkylation sites (N-methyl/N-ethyl adjacent to an activating group) is 1. The van der Waals surface area contributed by atoms with E-state index in [0.29, 0.717) is 12.0 Å². The van der Waals surface area contributed by atoms with Crippen molar-refractivity contribution >= 4 is 40.9 Å². The number of anilines is 3. The number of carbonyl (C=O) groups is 2. The van der Waals surface area contributed by atoms with Crippen molar-refractivity contribution < 1.29 is 27.9 Å². The number of carboxylic acid groups (broad SMARTS) is 1. The number of rotatable bonds is 2. The molecule has 42 heavy (non-hydrogen) atoms. The number of aryl methyl sites for hydroxylation is 1. The van der Waals surface area contributed by atoms with Gasteiger partial charge in [-0.3, -0.25) is 9.80 Å². The Morgan fingerprint density at radius 3 is 2.43 bits per heavy atom. The van der Waals surface area contributed by atoms with Crippen LogP contribution in [0.25, 0.3) is 0 Å². The van der Waals surface area contributed by atoms with Crippen LogP contribution < -0.4 is 15.1 Å². The Morgan fingerprint density at radius 2 is 1.69 bits per heavy atom. The summed E-state index contributed by atoms with van der Waals surface area (Å²) in [5.41, 5.74) is 5.84. The molecule has 0 aromatic heterocycles. The molecule has 0 radical (unpaired) electrons. The van der Waals surface area contributed by atoms with Crippen LogP contribution >= 0.6 is 11.8 Å². The van der Waals surface area contributed by atoms with E-state index in [4.69, 9.17) is 5.11 Å². The first-order chi connectivity index (χ1) is 20.0. The first-order valence-electron chi connectivity index (χ1n) is 13.8. The van der Waals surface area contributed by atoms with Crippen molar-refractivity contribution in [2.24, 2.45) is 0 Å². The largest absolute Gasteiger partial charge is 0.465 e. The molecule has 0 spiro atoms. The molecular weight excluding hydrogens is 565 g/mol. The average molecular weight is 599 g/mol. The molecule has 1 unspecified atom stereocenters. The Morgan fingerprint density at radius 1 is 0.929 bits per heavy atom. The van der Waals surface area contributed by atoms with Gasteiger partial charge in [0.2, 0.25) is 0 Å². The van der Waals surface area contributed by atoms with Crippen molar-refractivity contribution in [1.82, 2.24) is 4.90 Å². The Kier molecular flexibility index (Phi) is 8.70. The lowest BCUT2D eigenvalue weighted by atomic mass is 9.99. The second-order valence-corrected chi connectivity index (χ2v) is 11.7. The van der Waals surface area contributed by atoms with Crippen molar-refractivity contribution in [1.29, 1.82) is 0 Å². The molecule has 222 valence electrons. The van der Waals surface area contributed by atoms with E-state index in [9.17, 15) is 22.8 Å². The van der Waals surface area contributed by atoms with Gasteiger partial charge in [0.15, 0.2) is 0 Å². The van der Waals surface area contributed by atoms with Crippen LogP contribution in [0.1, 0.15) is 34.2 Å². The molecule has 3 aliphatic heterocycles. The molecule has 6 rings (SSSR count). The normalized spacial score (nSPS) is 17.9. The fourth-order valence-corrected chi connectivity index (χ4v) is 6.46. The van der Waals surface area contributed by atoms with Crippen LogP contribution in [0.15, 0.2) is 60.7 Å². The maximum atomic E-state index is 12.8. The molecule has 3 amide bonds. The summed E-state index contributed by atoms with van der Waals surface area (Å²) in [4.78, 5) is 29.1. The molecule has 0 aliphatic carbocycles. The van der Waals surface area contributed by atoms with E-state index in [2.05, 4.69) is 35.5 Å². The van der Waals surface area contributed by atoms with Crippen LogP contribution in [0.4, 0.5) is 39.8 Å². The quantitative estimate of drug-likeness (QED) is 0.329. The number of alkyl halides is 3. The van der Waals surface area contributed by atoms with E-state index in [1.165, 1.54) is 34.5 Å². The van der Waals surface area contributed by atoms with Crippen molar-refractivity contribution in [2.45, 2.75) is 43.8 Å². The number of thioether (sulfide) groups is 1. The molecule has 7 nitrogen and oxygen atoms in total. The summed E-state index contributed by atoms with van der Waals surface area (Å²) in [7, 11) is 2.14. The van der Waals surface area contributed by atoms with E-state index < -0.39 is 17.8 Å². The summed E-state index contributed by atoms with van der Waals surface area (Å²) in [6, 6.07) is 17.7. The standard InChI is InChI=1S/C20H23N3O.C11H10F3NO2S/c1-22-12-10-15-8-9-18(13-17(15)14-22)21-20(24)23-11-4-6-16-5-2-3-7-19(16)23;1-18-9-4-6-2-3-7(11(12,13)14)5-8(6)15(9)10(16)17/h2-3,5,7-9,13H,4,6,10-12,14H2,1H3,(H,21,24);2-3,5,9H,4H2,1H3,(H,16,17). The molecule has 3 aromatic rings. The number of hydrogen-bond acceptors (Lipinski definition) is 4. The SMILES string of the molecule is CN1CCc2ccc(NC(=O)N3CCCc4ccccc43)cc2C1.CSC1Cc2ccc(C(F)(F)F)cc2N1C(=O)O. The number of hydrogen-bond donors (Lipinski definition) is 2. The Balaban J connectivity index is 0.000000176. The van der Waals surface area contributed by atoms with Gasteiger partial charge in [-0.05, 0) is 85.2 Å². The molecule has 3 aliphatic rings. The monoisotopic (exact) mass is 598 g/mol. The van der Waals surface area contributed by atoms with Gasteiger partial charge in [-0.15, -0.1) is 11.8 Å². The number of para-hydroxylation sites is 1. The lowest BCUT2D eigenvalue weighted by Gasteiger charge is -2.30. The molecule has 0 bridgehead atoms. The zero-order valence-corrected chi connectivity index (χ0v) is 24.3. The third-order valence-corrected chi connectivity index (χ3v) is 8.77. The van der Waals surface area contributed by atoms with Gasteiger partial charge < -0.3 is 15.3 Å². The number of benzene rings is 3. The van der Waals surface area contributed by atoms with Crippen LogP contribution in [0.5, 0.6) is 0 Å². The highest BCUT2D eigenvalue weighted by Crippen LogP contribution is 2.40. The second kappa shape index (κ2) is 12.3. The molecule has 0 saturated carbocycles. The minimum absolute atomic E-state index is 0.0359. The van der Waals surface area contributed by atoms with E-state index in [1.807, 2.05) is 29.2 Å². The topological polar surface area (TPSA) is 76.1 Å². The minimum Gasteiger partial charge on any atom is -0.465 e. The Bertz CT molecular complexity index is 1480. The fourth-order valence-electron chi connectivity index (χ4n) is 5.70. The number of urea groups is 1. The molecule has 0 saturated heterocycles. The van der Waals surface area contributed by atoms with Gasteiger partial charge >= 0.3 is 18.3 Å². The third-order valence-electron chi connectivity index (χ3n) is 7.85. The van der Waals surface area contributed by atoms with E-state index in [-0.39, 0.29) is 17.1 Å². The molecule has 11 heteroatoms. The van der Waals surface area contributed by atoms with Crippen molar-refractivity contribution in [3.8, 4) is 0 Å². The van der Waals surface area contributed by atoms with Crippen molar-refractivity contribution in [3.05, 3.63) is 88.5 Å². The van der Waals surface area contributed by atoms with Crippen LogP contribution in [0, 0.1) is 0 Å². The van der Waals surface area contributed by atoms with Gasteiger partial charge in [-0.1, -0.05) is 30.3 Å². The van der Waals surface area contributed by atoms with Crippen LogP contribution in [0.2, 0.25) is 0 Å². The minimum atomic E-state index is -4.46. The lowest BCUT2D eigenvalue weighted by molar-refractivity contribution is -0.137. The van der Waals surface area contributed by atoms with Gasteiger partial charge in [-0.25, -0.2) is 9.59 Å². The predicted molar refractivity (Wildman–Crippen MR) is 161 cm³/mol. The highest BCUT2D eigenvalue weighted by Gasteiger charge is 2.37. The summed E-state index contributed by atoms with van der Waals surface area (Å²) < 4.78 is 37.8. The van der Waals surface area contributed by atoms with Gasteiger partial charge in [0, 0.05) is 37.4 Å². The first-order valence-corrected chi connectivity index (χ1v) is 15.1.